The van der Waals surface area contributed by atoms with E-state index in [0.717, 1.165) is 6.07 Å². The molecule has 0 saturated carbocycles. The van der Waals surface area contributed by atoms with Gasteiger partial charge in [-0.25, -0.2) is 14.2 Å². The number of carbonyl (C=O) groups is 4. The number of thiazole rings is 1. The van der Waals surface area contributed by atoms with Gasteiger partial charge in [0.25, 0.3) is 0 Å². The minimum absolute atomic E-state index is 0.0314. The summed E-state index contributed by atoms with van der Waals surface area (Å²) < 4.78 is 61.7. The Kier molecular flexibility index (Phi) is 13.4. The van der Waals surface area contributed by atoms with Gasteiger partial charge in [-0.05, 0) is 61.3 Å². The largest absolute Gasteiger partial charge is 0.461 e. The van der Waals surface area contributed by atoms with Gasteiger partial charge in [-0.3, -0.25) is 14.4 Å². The molecule has 0 radical (unpaired) electrons. The van der Waals surface area contributed by atoms with Crippen molar-refractivity contribution in [3.63, 3.8) is 0 Å². The lowest BCUT2D eigenvalue weighted by molar-refractivity contribution is -0.137. The number of ether oxygens (including phenoxy) is 1. The molecule has 1 amide bonds. The predicted molar refractivity (Wildman–Crippen MR) is 203 cm³/mol. The SMILES string of the molecule is CCOC(=O)c1csc([C@@H](CC(=O)[C@@]2(NC(=O)[C@@H](CC(=O)CCc3ccccc3F)[C@@H](C)CC)CCc3[nH]c4c(C(F)(F)F)cccc4c3C2)[C@@H](C)CC)n1. The lowest BCUT2D eigenvalue weighted by atomic mass is 9.72. The van der Waals surface area contributed by atoms with E-state index in [-0.39, 0.29) is 86.2 Å². The van der Waals surface area contributed by atoms with Gasteiger partial charge >= 0.3 is 12.1 Å². The van der Waals surface area contributed by atoms with Gasteiger partial charge < -0.3 is 15.0 Å². The Balaban J connectivity index is 1.50. The van der Waals surface area contributed by atoms with Gasteiger partial charge in [0.1, 0.15) is 17.1 Å². The number of ketones is 2. The molecule has 8 nitrogen and oxygen atoms in total. The van der Waals surface area contributed by atoms with Crippen molar-refractivity contribution < 1.29 is 41.5 Å². The highest BCUT2D eigenvalue weighted by Crippen LogP contribution is 2.42. The molecule has 13 heteroatoms. The summed E-state index contributed by atoms with van der Waals surface area (Å²) in [5.74, 6) is -3.53. The third-order valence-electron chi connectivity index (χ3n) is 11.3. The molecule has 0 bridgehead atoms. The van der Waals surface area contributed by atoms with Crippen LogP contribution in [0.2, 0.25) is 0 Å². The molecule has 0 spiro atoms. The van der Waals surface area contributed by atoms with Crippen molar-refractivity contribution in [3.05, 3.63) is 86.7 Å². The second kappa shape index (κ2) is 17.6. The number of aromatic nitrogens is 2. The van der Waals surface area contributed by atoms with E-state index in [0.29, 0.717) is 40.1 Å². The van der Waals surface area contributed by atoms with Crippen molar-refractivity contribution in [2.75, 3.05) is 6.61 Å². The molecule has 2 aromatic heterocycles. The van der Waals surface area contributed by atoms with Crippen LogP contribution in [0.4, 0.5) is 17.6 Å². The molecular formula is C42H49F4N3O5S. The van der Waals surface area contributed by atoms with Gasteiger partial charge in [0.05, 0.1) is 22.7 Å². The molecule has 0 saturated heterocycles. The van der Waals surface area contributed by atoms with Crippen LogP contribution in [0.5, 0.6) is 0 Å². The normalized spacial score (nSPS) is 17.9. The van der Waals surface area contributed by atoms with Crippen molar-refractivity contribution in [3.8, 4) is 0 Å². The number of amides is 1. The number of benzene rings is 2. The summed E-state index contributed by atoms with van der Waals surface area (Å²) >= 11 is 1.25. The molecular weight excluding hydrogens is 735 g/mol. The summed E-state index contributed by atoms with van der Waals surface area (Å²) in [5, 5.41) is 5.60. The van der Waals surface area contributed by atoms with Gasteiger partial charge in [-0.1, -0.05) is 70.9 Å². The van der Waals surface area contributed by atoms with Crippen molar-refractivity contribution in [1.82, 2.24) is 15.3 Å². The minimum atomic E-state index is -4.62. The molecule has 2 N–H and O–H groups in total. The van der Waals surface area contributed by atoms with Crippen molar-refractivity contribution >= 4 is 45.7 Å². The first-order chi connectivity index (χ1) is 26.1. The number of nitrogens with one attached hydrogen (secondary N) is 2. The first-order valence-electron chi connectivity index (χ1n) is 19.0. The van der Waals surface area contributed by atoms with E-state index >= 15 is 0 Å². The number of fused-ring (bicyclic) bond motifs is 3. The average Bonchev–Trinajstić information content (AvgIpc) is 3.80. The molecule has 55 heavy (non-hydrogen) atoms. The van der Waals surface area contributed by atoms with E-state index in [1.165, 1.54) is 23.5 Å². The number of alkyl halides is 3. The molecule has 1 aliphatic carbocycles. The number of aryl methyl sites for hydroxylation is 2. The molecule has 2 aromatic carbocycles. The Morgan fingerprint density at radius 2 is 1.73 bits per heavy atom. The Hall–Kier alpha value is -4.39. The highest BCUT2D eigenvalue weighted by molar-refractivity contribution is 7.09. The molecule has 5 atom stereocenters. The first kappa shape index (κ1) is 41.8. The third-order valence-corrected chi connectivity index (χ3v) is 12.3. The monoisotopic (exact) mass is 783 g/mol. The van der Waals surface area contributed by atoms with Crippen LogP contribution in [-0.2, 0) is 44.6 Å². The maximum atomic E-state index is 15.0. The van der Waals surface area contributed by atoms with Gasteiger partial charge in [-0.15, -0.1) is 11.3 Å². The van der Waals surface area contributed by atoms with E-state index in [1.54, 1.807) is 36.6 Å². The maximum Gasteiger partial charge on any atom is 0.418 e. The quantitative estimate of drug-likeness (QED) is 0.0815. The molecule has 0 unspecified atom stereocenters. The Morgan fingerprint density at radius 1 is 1.00 bits per heavy atom. The topological polar surface area (TPSA) is 118 Å². The summed E-state index contributed by atoms with van der Waals surface area (Å²) in [4.78, 5) is 62.8. The highest BCUT2D eigenvalue weighted by Gasteiger charge is 2.47. The Labute approximate surface area is 322 Å². The van der Waals surface area contributed by atoms with Gasteiger partial charge in [-0.2, -0.15) is 13.2 Å². The zero-order chi connectivity index (χ0) is 40.1. The van der Waals surface area contributed by atoms with Gasteiger partial charge in [0.15, 0.2) is 11.5 Å². The zero-order valence-electron chi connectivity index (χ0n) is 31.9. The summed E-state index contributed by atoms with van der Waals surface area (Å²) in [6.45, 7) is 9.61. The number of esters is 1. The van der Waals surface area contributed by atoms with E-state index in [4.69, 9.17) is 4.74 Å². The highest BCUT2D eigenvalue weighted by atomic mass is 32.1. The molecule has 5 rings (SSSR count). The number of halogens is 4. The van der Waals surface area contributed by atoms with Crippen molar-refractivity contribution in [2.45, 2.75) is 110 Å². The van der Waals surface area contributed by atoms with E-state index < -0.39 is 46.8 Å². The molecule has 1 aliphatic rings. The summed E-state index contributed by atoms with van der Waals surface area (Å²) in [6, 6.07) is 10.2. The molecule has 2 heterocycles. The number of nitrogens with zero attached hydrogens (tertiary/aromatic N) is 1. The van der Waals surface area contributed by atoms with E-state index in [2.05, 4.69) is 15.3 Å². The van der Waals surface area contributed by atoms with Crippen LogP contribution >= 0.6 is 11.3 Å². The van der Waals surface area contributed by atoms with Crippen LogP contribution in [0.25, 0.3) is 10.9 Å². The number of hydrogen-bond acceptors (Lipinski definition) is 7. The van der Waals surface area contributed by atoms with Crippen LogP contribution < -0.4 is 5.32 Å². The maximum absolute atomic E-state index is 15.0. The second-order valence-electron chi connectivity index (χ2n) is 14.8. The number of hydrogen-bond donors (Lipinski definition) is 2. The number of carbonyl (C=O) groups excluding carboxylic acids is 4. The average molecular weight is 784 g/mol. The van der Waals surface area contributed by atoms with E-state index in [9.17, 15) is 36.7 Å². The number of H-pyrrole nitrogens is 1. The standard InChI is InChI=1S/C42H49F4N3O5S/c1-6-24(4)29(20-27(50)17-16-26-12-9-10-15-33(26)43)38(52)49-41(19-18-34-31(22-41)28-13-11-14-32(37(28)47-34)42(44,45)46)36(51)21-30(25(5)7-2)39-48-35(23-55-39)40(53)54-8-3/h9-15,23-25,29-30,47H,6-8,16-22H2,1-5H3,(H,49,52)/t24-,25-,29-,30-,41+/m0/s1. The van der Waals surface area contributed by atoms with Crippen LogP contribution in [0.3, 0.4) is 0 Å². The fourth-order valence-corrected chi connectivity index (χ4v) is 8.60. The number of rotatable bonds is 17. The molecule has 296 valence electrons. The summed E-state index contributed by atoms with van der Waals surface area (Å²) in [5.41, 5.74) is -0.750. The van der Waals surface area contributed by atoms with Gasteiger partial charge in [0, 0.05) is 54.0 Å². The predicted octanol–water partition coefficient (Wildman–Crippen LogP) is 9.35. The van der Waals surface area contributed by atoms with Crippen LogP contribution in [0, 0.1) is 23.6 Å². The minimum Gasteiger partial charge on any atom is -0.461 e. The fraction of sp³-hybridized carbons (Fsp3) is 0.500. The lowest BCUT2D eigenvalue weighted by Gasteiger charge is -2.39. The van der Waals surface area contributed by atoms with Crippen LogP contribution in [0.1, 0.15) is 117 Å². The number of aromatic amines is 1. The van der Waals surface area contributed by atoms with Crippen LogP contribution in [0.15, 0.2) is 47.8 Å². The number of Topliss-reactive ketones (excluding diaryl/α,β-unsaturated/α-hetero) is 2. The van der Waals surface area contributed by atoms with Gasteiger partial charge in [0.2, 0.25) is 5.91 Å². The smallest absolute Gasteiger partial charge is 0.418 e. The van der Waals surface area contributed by atoms with Crippen LogP contribution in [-0.4, -0.2) is 45.6 Å². The summed E-state index contributed by atoms with van der Waals surface area (Å²) in [7, 11) is 0. The van der Waals surface area contributed by atoms with Crippen molar-refractivity contribution in [1.29, 1.82) is 0 Å². The lowest BCUT2D eigenvalue weighted by Crippen LogP contribution is -2.59. The Morgan fingerprint density at radius 3 is 2.40 bits per heavy atom. The first-order valence-corrected chi connectivity index (χ1v) is 19.9. The second-order valence-corrected chi connectivity index (χ2v) is 15.7. The third kappa shape index (κ3) is 9.36. The molecule has 0 fully saturated rings. The summed E-state index contributed by atoms with van der Waals surface area (Å²) in [6.07, 6.45) is -3.06. The molecule has 0 aliphatic heterocycles. The Bertz CT molecular complexity index is 2020. The number of para-hydroxylation sites is 1. The van der Waals surface area contributed by atoms with Crippen molar-refractivity contribution in [2.24, 2.45) is 17.8 Å². The fourth-order valence-electron chi connectivity index (χ4n) is 7.58. The molecule has 4 aromatic rings. The van der Waals surface area contributed by atoms with E-state index in [1.807, 2.05) is 27.7 Å². The zero-order valence-corrected chi connectivity index (χ0v) is 32.7.